The number of rotatable bonds is 4. The van der Waals surface area contributed by atoms with E-state index in [-0.39, 0.29) is 18.6 Å². The summed E-state index contributed by atoms with van der Waals surface area (Å²) >= 11 is 0. The molecule has 2 aliphatic rings. The minimum Gasteiger partial charge on any atom is -0.454 e. The van der Waals surface area contributed by atoms with Crippen molar-refractivity contribution in [2.24, 2.45) is 0 Å². The molecule has 0 saturated carbocycles. The molecule has 1 fully saturated rings. The molecule has 0 unspecified atom stereocenters. The standard InChI is InChI=1S/C21H23N3O4/c1-15(22-20(25)16-7-8-18-19(13-16)28-14-27-18)21(26)24-11-9-23(10-12-24)17-5-3-2-4-6-17/h2-8,13,15H,9-12,14H2,1H3,(H,22,25)/t15-/m1/s1. The fourth-order valence-corrected chi connectivity index (χ4v) is 3.48. The van der Waals surface area contributed by atoms with Crippen LogP contribution in [-0.2, 0) is 4.79 Å². The molecule has 0 aromatic heterocycles. The van der Waals surface area contributed by atoms with Crippen LogP contribution in [0.3, 0.4) is 0 Å². The van der Waals surface area contributed by atoms with Gasteiger partial charge in [-0.05, 0) is 37.3 Å². The van der Waals surface area contributed by atoms with Gasteiger partial charge in [0.15, 0.2) is 11.5 Å². The maximum atomic E-state index is 12.7. The Kier molecular flexibility index (Phi) is 5.06. The minimum atomic E-state index is -0.596. The lowest BCUT2D eigenvalue weighted by Gasteiger charge is -2.37. The van der Waals surface area contributed by atoms with Gasteiger partial charge in [0, 0.05) is 37.4 Å². The van der Waals surface area contributed by atoms with Crippen LogP contribution < -0.4 is 19.7 Å². The number of ether oxygens (including phenoxy) is 2. The monoisotopic (exact) mass is 381 g/mol. The van der Waals surface area contributed by atoms with Crippen LogP contribution in [0.5, 0.6) is 11.5 Å². The smallest absolute Gasteiger partial charge is 0.252 e. The maximum absolute atomic E-state index is 12.7. The molecule has 2 aromatic rings. The van der Waals surface area contributed by atoms with E-state index in [4.69, 9.17) is 9.47 Å². The third-order valence-electron chi connectivity index (χ3n) is 5.07. The fraction of sp³-hybridized carbons (Fsp3) is 0.333. The number of para-hydroxylation sites is 1. The molecule has 1 saturated heterocycles. The van der Waals surface area contributed by atoms with Gasteiger partial charge in [-0.15, -0.1) is 0 Å². The highest BCUT2D eigenvalue weighted by molar-refractivity contribution is 5.98. The highest BCUT2D eigenvalue weighted by atomic mass is 16.7. The highest BCUT2D eigenvalue weighted by Gasteiger charge is 2.26. The first-order valence-corrected chi connectivity index (χ1v) is 9.41. The predicted molar refractivity (Wildman–Crippen MR) is 105 cm³/mol. The third kappa shape index (κ3) is 3.74. The molecule has 0 aliphatic carbocycles. The first-order chi connectivity index (χ1) is 13.6. The van der Waals surface area contributed by atoms with E-state index in [1.165, 1.54) is 5.69 Å². The van der Waals surface area contributed by atoms with Crippen molar-refractivity contribution in [1.82, 2.24) is 10.2 Å². The van der Waals surface area contributed by atoms with Crippen molar-refractivity contribution in [3.63, 3.8) is 0 Å². The average molecular weight is 381 g/mol. The molecule has 2 aliphatic heterocycles. The summed E-state index contributed by atoms with van der Waals surface area (Å²) in [7, 11) is 0. The van der Waals surface area contributed by atoms with Crippen molar-refractivity contribution in [2.45, 2.75) is 13.0 Å². The quantitative estimate of drug-likeness (QED) is 0.876. The van der Waals surface area contributed by atoms with E-state index in [0.717, 1.165) is 13.1 Å². The van der Waals surface area contributed by atoms with Crippen molar-refractivity contribution >= 4 is 17.5 Å². The normalized spacial score (nSPS) is 16.6. The predicted octanol–water partition coefficient (Wildman–Crippen LogP) is 1.88. The summed E-state index contributed by atoms with van der Waals surface area (Å²) in [5, 5.41) is 2.79. The van der Waals surface area contributed by atoms with Crippen LogP contribution in [0.2, 0.25) is 0 Å². The zero-order chi connectivity index (χ0) is 19.5. The van der Waals surface area contributed by atoms with Crippen molar-refractivity contribution in [3.05, 3.63) is 54.1 Å². The number of piperazine rings is 1. The van der Waals surface area contributed by atoms with Crippen molar-refractivity contribution < 1.29 is 19.1 Å². The van der Waals surface area contributed by atoms with Gasteiger partial charge in [0.2, 0.25) is 12.7 Å². The molecule has 4 rings (SSSR count). The number of hydrogen-bond donors (Lipinski definition) is 1. The van der Waals surface area contributed by atoms with Gasteiger partial charge in [0.25, 0.3) is 5.91 Å². The van der Waals surface area contributed by atoms with Gasteiger partial charge >= 0.3 is 0 Å². The number of anilines is 1. The Bertz CT molecular complexity index is 863. The Morgan fingerprint density at radius 1 is 0.964 bits per heavy atom. The summed E-state index contributed by atoms with van der Waals surface area (Å²) in [6, 6.07) is 14.6. The molecule has 2 aromatic carbocycles. The zero-order valence-corrected chi connectivity index (χ0v) is 15.8. The van der Waals surface area contributed by atoms with E-state index in [2.05, 4.69) is 22.3 Å². The lowest BCUT2D eigenvalue weighted by molar-refractivity contribution is -0.133. The molecule has 0 radical (unpaired) electrons. The van der Waals surface area contributed by atoms with Crippen molar-refractivity contribution in [1.29, 1.82) is 0 Å². The Balaban J connectivity index is 1.32. The number of hydrogen-bond acceptors (Lipinski definition) is 5. The van der Waals surface area contributed by atoms with Gasteiger partial charge < -0.3 is 24.6 Å². The molecule has 28 heavy (non-hydrogen) atoms. The maximum Gasteiger partial charge on any atom is 0.252 e. The molecule has 0 bridgehead atoms. The first kappa shape index (κ1) is 18.2. The molecule has 146 valence electrons. The molecule has 2 heterocycles. The average Bonchev–Trinajstić information content (AvgIpc) is 3.22. The molecular weight excluding hydrogens is 358 g/mol. The van der Waals surface area contributed by atoms with E-state index in [1.807, 2.05) is 23.1 Å². The minimum absolute atomic E-state index is 0.0678. The van der Waals surface area contributed by atoms with Gasteiger partial charge in [-0.2, -0.15) is 0 Å². The Labute approximate surface area is 163 Å². The molecule has 2 amide bonds. The largest absolute Gasteiger partial charge is 0.454 e. The van der Waals surface area contributed by atoms with Gasteiger partial charge in [-0.1, -0.05) is 18.2 Å². The van der Waals surface area contributed by atoms with Crippen LogP contribution in [0.15, 0.2) is 48.5 Å². The van der Waals surface area contributed by atoms with E-state index in [1.54, 1.807) is 25.1 Å². The summed E-state index contributed by atoms with van der Waals surface area (Å²) in [5.41, 5.74) is 1.61. The highest BCUT2D eigenvalue weighted by Crippen LogP contribution is 2.32. The number of benzene rings is 2. The summed E-state index contributed by atoms with van der Waals surface area (Å²) in [6.45, 7) is 4.70. The number of fused-ring (bicyclic) bond motifs is 1. The number of carbonyl (C=O) groups is 2. The second kappa shape index (κ2) is 7.80. The van der Waals surface area contributed by atoms with Crippen molar-refractivity contribution in [2.75, 3.05) is 37.9 Å². The van der Waals surface area contributed by atoms with E-state index >= 15 is 0 Å². The molecule has 7 heteroatoms. The van der Waals surface area contributed by atoms with Crippen LogP contribution in [-0.4, -0.2) is 55.7 Å². The molecule has 7 nitrogen and oxygen atoms in total. The van der Waals surface area contributed by atoms with Gasteiger partial charge in [-0.25, -0.2) is 0 Å². The van der Waals surface area contributed by atoms with Gasteiger partial charge in [0.1, 0.15) is 6.04 Å². The van der Waals surface area contributed by atoms with Crippen LogP contribution in [0.4, 0.5) is 5.69 Å². The number of carbonyl (C=O) groups excluding carboxylic acids is 2. The molecule has 1 N–H and O–H groups in total. The van der Waals surface area contributed by atoms with E-state index < -0.39 is 6.04 Å². The SMILES string of the molecule is C[C@@H](NC(=O)c1ccc2c(c1)OCO2)C(=O)N1CCN(c2ccccc2)CC1. The van der Waals surface area contributed by atoms with Crippen LogP contribution in [0, 0.1) is 0 Å². The lowest BCUT2D eigenvalue weighted by Crippen LogP contribution is -2.54. The van der Waals surface area contributed by atoms with E-state index in [9.17, 15) is 9.59 Å². The van der Waals surface area contributed by atoms with Gasteiger partial charge in [0.05, 0.1) is 0 Å². The summed E-state index contributed by atoms with van der Waals surface area (Å²) < 4.78 is 10.6. The topological polar surface area (TPSA) is 71.1 Å². The van der Waals surface area contributed by atoms with Crippen LogP contribution in [0.1, 0.15) is 17.3 Å². The summed E-state index contributed by atoms with van der Waals surface area (Å²) in [5.74, 6) is 0.796. The van der Waals surface area contributed by atoms with Gasteiger partial charge in [-0.3, -0.25) is 9.59 Å². The Morgan fingerprint density at radius 3 is 2.43 bits per heavy atom. The van der Waals surface area contributed by atoms with Crippen LogP contribution in [0.25, 0.3) is 0 Å². The third-order valence-corrected chi connectivity index (χ3v) is 5.07. The zero-order valence-electron chi connectivity index (χ0n) is 15.8. The van der Waals surface area contributed by atoms with E-state index in [0.29, 0.717) is 30.2 Å². The molecule has 1 atom stereocenters. The summed E-state index contributed by atoms with van der Waals surface area (Å²) in [6.07, 6.45) is 0. The molecule has 0 spiro atoms. The number of nitrogens with one attached hydrogen (secondary N) is 1. The van der Waals surface area contributed by atoms with Crippen LogP contribution >= 0.6 is 0 Å². The second-order valence-corrected chi connectivity index (χ2v) is 6.91. The number of nitrogens with zero attached hydrogens (tertiary/aromatic N) is 2. The second-order valence-electron chi connectivity index (χ2n) is 6.91. The fourth-order valence-electron chi connectivity index (χ4n) is 3.48. The van der Waals surface area contributed by atoms with Crippen molar-refractivity contribution in [3.8, 4) is 11.5 Å². The number of amides is 2. The summed E-state index contributed by atoms with van der Waals surface area (Å²) in [4.78, 5) is 29.3. The Morgan fingerprint density at radius 2 is 1.68 bits per heavy atom. The first-order valence-electron chi connectivity index (χ1n) is 9.41. The molecular formula is C21H23N3O4. The Hall–Kier alpha value is -3.22. The lowest BCUT2D eigenvalue weighted by atomic mass is 10.1.